The number of nitrogens with one attached hydrogen (secondary N) is 1. The van der Waals surface area contributed by atoms with Gasteiger partial charge in [-0.05, 0) is 18.9 Å². The standard InChI is InChI=1S/C21H17ClFN7O5S3/c22-16-13(28-20(24)38-16)14(29-35-6-4-23)17(31)27-12-9-1-2-11(15(19(33)34)30(9)18(12)32)37-21-26-8-7-25-5-3-10(8)36-21/h3,5,7,9,12H,1-2,4,6H2,(H2,24,28)(H,27,31)(H,33,34)/t9?,12-/m0/s1. The summed E-state index contributed by atoms with van der Waals surface area (Å²) < 4.78 is 14.1. The number of β-lactam (4-membered cyclic amide) rings is 1. The van der Waals surface area contributed by atoms with Crippen LogP contribution in [0.1, 0.15) is 18.5 Å². The van der Waals surface area contributed by atoms with Gasteiger partial charge in [-0.15, -0.1) is 11.3 Å². The number of amides is 2. The van der Waals surface area contributed by atoms with Crippen LogP contribution in [0.15, 0.2) is 38.6 Å². The molecule has 0 aromatic carbocycles. The minimum absolute atomic E-state index is 0.0582. The van der Waals surface area contributed by atoms with Crippen LogP contribution in [-0.2, 0) is 19.2 Å². The van der Waals surface area contributed by atoms with Gasteiger partial charge in [0.1, 0.15) is 40.6 Å². The van der Waals surface area contributed by atoms with Gasteiger partial charge in [-0.1, -0.05) is 39.9 Å². The van der Waals surface area contributed by atoms with Crippen molar-refractivity contribution in [3.8, 4) is 0 Å². The monoisotopic (exact) mass is 597 g/mol. The van der Waals surface area contributed by atoms with Crippen LogP contribution in [0.4, 0.5) is 9.52 Å². The van der Waals surface area contributed by atoms with Gasteiger partial charge in [-0.25, -0.2) is 19.2 Å². The van der Waals surface area contributed by atoms with E-state index in [1.807, 2.05) is 6.07 Å². The number of pyridine rings is 1. The number of hydrogen-bond donors (Lipinski definition) is 3. The Labute approximate surface area is 230 Å². The Hall–Kier alpha value is -3.34. The van der Waals surface area contributed by atoms with Crippen LogP contribution < -0.4 is 11.1 Å². The highest BCUT2D eigenvalue weighted by Crippen LogP contribution is 2.44. The molecule has 2 atom stereocenters. The van der Waals surface area contributed by atoms with E-state index in [0.717, 1.165) is 16.0 Å². The lowest BCUT2D eigenvalue weighted by atomic mass is 9.86. The summed E-state index contributed by atoms with van der Waals surface area (Å²) in [5.41, 5.74) is 5.76. The molecule has 4 N–H and O–H groups in total. The van der Waals surface area contributed by atoms with Gasteiger partial charge in [0.2, 0.25) is 0 Å². The number of carboxylic acid groups (broad SMARTS) is 1. The number of rotatable bonds is 9. The smallest absolute Gasteiger partial charge is 0.353 e. The van der Waals surface area contributed by atoms with E-state index < -0.39 is 43.1 Å². The van der Waals surface area contributed by atoms with Crippen molar-refractivity contribution in [1.29, 1.82) is 0 Å². The maximum atomic E-state index is 13.1. The molecule has 5 heterocycles. The third-order valence-corrected chi connectivity index (χ3v) is 8.95. The van der Waals surface area contributed by atoms with Crippen LogP contribution in [0.5, 0.6) is 0 Å². The van der Waals surface area contributed by atoms with Crippen molar-refractivity contribution in [2.24, 2.45) is 5.16 Å². The molecular formula is C21H17ClFN7O5S3. The number of oxime groups is 1. The Kier molecular flexibility index (Phi) is 7.47. The summed E-state index contributed by atoms with van der Waals surface area (Å²) in [5, 5.41) is 16.2. The highest BCUT2D eigenvalue weighted by molar-refractivity contribution is 8.04. The molecule has 38 heavy (non-hydrogen) atoms. The van der Waals surface area contributed by atoms with Gasteiger partial charge in [0.25, 0.3) is 11.8 Å². The van der Waals surface area contributed by atoms with Gasteiger partial charge >= 0.3 is 5.97 Å². The molecule has 2 aliphatic heterocycles. The van der Waals surface area contributed by atoms with E-state index in [0.29, 0.717) is 27.6 Å². The average molecular weight is 598 g/mol. The molecule has 3 aromatic rings. The van der Waals surface area contributed by atoms with Gasteiger partial charge < -0.3 is 21.0 Å². The largest absolute Gasteiger partial charge is 0.477 e. The van der Waals surface area contributed by atoms with Crippen molar-refractivity contribution < 1.29 is 28.7 Å². The zero-order chi connectivity index (χ0) is 27.0. The third kappa shape index (κ3) is 4.91. The van der Waals surface area contributed by atoms with Crippen LogP contribution >= 0.6 is 46.0 Å². The predicted octanol–water partition coefficient (Wildman–Crippen LogP) is 2.65. The Morgan fingerprint density at radius 3 is 2.89 bits per heavy atom. The first-order valence-corrected chi connectivity index (χ1v) is 13.8. The summed E-state index contributed by atoms with van der Waals surface area (Å²) in [5.74, 6) is -2.71. The van der Waals surface area contributed by atoms with Crippen LogP contribution in [0.3, 0.4) is 0 Å². The fraction of sp³-hybridized carbons (Fsp3) is 0.286. The number of nitrogens with zero attached hydrogens (tertiary/aromatic N) is 5. The number of anilines is 1. The predicted molar refractivity (Wildman–Crippen MR) is 140 cm³/mol. The average Bonchev–Trinajstić information content (AvgIpc) is 3.45. The zero-order valence-electron chi connectivity index (χ0n) is 19.1. The first kappa shape index (κ1) is 26.3. The van der Waals surface area contributed by atoms with Crippen molar-refractivity contribution in [3.63, 3.8) is 0 Å². The number of carbonyl (C=O) groups is 3. The van der Waals surface area contributed by atoms with E-state index in [2.05, 4.69) is 25.4 Å². The van der Waals surface area contributed by atoms with Crippen LogP contribution in [0.25, 0.3) is 10.2 Å². The van der Waals surface area contributed by atoms with Crippen molar-refractivity contribution in [1.82, 2.24) is 25.2 Å². The van der Waals surface area contributed by atoms with Gasteiger partial charge in [-0.3, -0.25) is 19.5 Å². The van der Waals surface area contributed by atoms with E-state index in [-0.39, 0.29) is 26.6 Å². The van der Waals surface area contributed by atoms with Crippen molar-refractivity contribution >= 4 is 84.9 Å². The number of nitrogen functional groups attached to an aromatic ring is 1. The normalized spacial score (nSPS) is 19.4. The Morgan fingerprint density at radius 1 is 1.39 bits per heavy atom. The minimum atomic E-state index is -1.26. The van der Waals surface area contributed by atoms with Gasteiger partial charge in [-0.2, -0.15) is 0 Å². The van der Waals surface area contributed by atoms with E-state index in [9.17, 15) is 23.9 Å². The first-order valence-electron chi connectivity index (χ1n) is 10.9. The maximum Gasteiger partial charge on any atom is 0.353 e. The Bertz CT molecular complexity index is 1480. The summed E-state index contributed by atoms with van der Waals surface area (Å²) in [6.07, 6.45) is 4.03. The van der Waals surface area contributed by atoms with Crippen molar-refractivity contribution in [3.05, 3.63) is 39.1 Å². The van der Waals surface area contributed by atoms with Crippen LogP contribution in [-0.4, -0.2) is 73.8 Å². The lowest BCUT2D eigenvalue weighted by Gasteiger charge is -2.50. The number of allylic oxidation sites excluding steroid dienone is 1. The molecule has 1 saturated heterocycles. The first-order chi connectivity index (χ1) is 18.3. The lowest BCUT2D eigenvalue weighted by molar-refractivity contribution is -0.155. The summed E-state index contributed by atoms with van der Waals surface area (Å²) >= 11 is 9.61. The minimum Gasteiger partial charge on any atom is -0.477 e. The molecule has 198 valence electrons. The summed E-state index contributed by atoms with van der Waals surface area (Å²) in [4.78, 5) is 57.3. The number of alkyl halides is 1. The number of carbonyl (C=O) groups excluding carboxylic acids is 2. The van der Waals surface area contributed by atoms with E-state index >= 15 is 0 Å². The number of thioether (sulfide) groups is 1. The molecule has 1 unspecified atom stereocenters. The van der Waals surface area contributed by atoms with Crippen LogP contribution in [0, 0.1) is 0 Å². The topological polar surface area (TPSA) is 173 Å². The number of aromatic nitrogens is 3. The second-order valence-electron chi connectivity index (χ2n) is 7.90. The lowest BCUT2D eigenvalue weighted by Crippen LogP contribution is -2.72. The van der Waals surface area contributed by atoms with E-state index in [4.69, 9.17) is 22.2 Å². The molecule has 1 fully saturated rings. The fourth-order valence-electron chi connectivity index (χ4n) is 4.05. The number of fused-ring (bicyclic) bond motifs is 2. The number of carboxylic acids is 1. The zero-order valence-corrected chi connectivity index (χ0v) is 22.3. The van der Waals surface area contributed by atoms with E-state index in [1.54, 1.807) is 12.4 Å². The van der Waals surface area contributed by atoms with Crippen molar-refractivity contribution in [2.75, 3.05) is 19.0 Å². The molecule has 2 aliphatic rings. The molecule has 0 spiro atoms. The fourth-order valence-corrected chi connectivity index (χ4v) is 7.23. The second-order valence-corrected chi connectivity index (χ2v) is 11.9. The molecule has 0 radical (unpaired) electrons. The van der Waals surface area contributed by atoms with Gasteiger partial charge in [0.05, 0.1) is 16.9 Å². The number of hydrogen-bond acceptors (Lipinski definition) is 12. The molecule has 0 aliphatic carbocycles. The molecule has 12 nitrogen and oxygen atoms in total. The highest BCUT2D eigenvalue weighted by atomic mass is 35.5. The maximum absolute atomic E-state index is 13.1. The Balaban J connectivity index is 1.36. The third-order valence-electron chi connectivity index (χ3n) is 5.63. The van der Waals surface area contributed by atoms with Crippen LogP contribution in [0.2, 0.25) is 4.34 Å². The molecule has 3 aromatic heterocycles. The van der Waals surface area contributed by atoms with E-state index in [1.165, 1.54) is 28.0 Å². The number of aliphatic carboxylic acids is 1. The molecule has 0 bridgehead atoms. The SMILES string of the molecule is Nc1nc(C(=NOCCF)C(=O)N[C@@H]2C(=O)N3C(C(=O)O)=C(Sc4nc5cnccc5s4)CCC23)c(Cl)s1. The molecule has 17 heteroatoms. The summed E-state index contributed by atoms with van der Waals surface area (Å²) in [6, 6.07) is 0.212. The highest BCUT2D eigenvalue weighted by Gasteiger charge is 2.54. The second kappa shape index (κ2) is 10.8. The van der Waals surface area contributed by atoms with Gasteiger partial charge in [0.15, 0.2) is 15.2 Å². The van der Waals surface area contributed by atoms with Crippen molar-refractivity contribution in [2.45, 2.75) is 29.3 Å². The molecule has 0 saturated carbocycles. The number of halogens is 2. The Morgan fingerprint density at radius 2 is 2.21 bits per heavy atom. The van der Waals surface area contributed by atoms with Gasteiger partial charge in [0, 0.05) is 11.1 Å². The quantitative estimate of drug-likeness (QED) is 0.144. The molecular weight excluding hydrogens is 581 g/mol. The molecule has 2 amide bonds. The summed E-state index contributed by atoms with van der Waals surface area (Å²) in [6.45, 7) is -1.26. The number of nitrogens with two attached hydrogens (primary N) is 1. The summed E-state index contributed by atoms with van der Waals surface area (Å²) in [7, 11) is 0. The number of thiazole rings is 2. The molecule has 5 rings (SSSR count).